The van der Waals surface area contributed by atoms with Gasteiger partial charge in [0.05, 0.1) is 6.26 Å². The van der Waals surface area contributed by atoms with Crippen molar-refractivity contribution in [3.8, 4) is 0 Å². The van der Waals surface area contributed by atoms with E-state index in [-0.39, 0.29) is 6.04 Å². The molecule has 0 saturated heterocycles. The first-order chi connectivity index (χ1) is 12.3. The van der Waals surface area contributed by atoms with Gasteiger partial charge in [-0.05, 0) is 43.6 Å². The Morgan fingerprint density at radius 3 is 2.12 bits per heavy atom. The van der Waals surface area contributed by atoms with E-state index in [1.807, 2.05) is 49.3 Å². The molecular formula is C21H30N2O2S. The second-order valence-electron chi connectivity index (χ2n) is 7.09. The van der Waals surface area contributed by atoms with E-state index >= 15 is 0 Å². The number of benzene rings is 2. The summed E-state index contributed by atoms with van der Waals surface area (Å²) in [4.78, 5) is 2.05. The zero-order valence-electron chi connectivity index (χ0n) is 16.2. The minimum Gasteiger partial charge on any atom is -0.308 e. The van der Waals surface area contributed by atoms with Gasteiger partial charge in [0.2, 0.25) is 10.0 Å². The van der Waals surface area contributed by atoms with E-state index in [4.69, 9.17) is 0 Å². The molecule has 0 unspecified atom stereocenters. The molecule has 0 spiro atoms. The Balaban J connectivity index is 2.33. The molecule has 0 aliphatic rings. The van der Waals surface area contributed by atoms with Crippen LogP contribution >= 0.6 is 0 Å². The molecule has 142 valence electrons. The molecule has 2 aromatic rings. The van der Waals surface area contributed by atoms with E-state index in [1.165, 1.54) is 11.8 Å². The molecule has 2 aromatic carbocycles. The van der Waals surface area contributed by atoms with Gasteiger partial charge >= 0.3 is 0 Å². The van der Waals surface area contributed by atoms with Gasteiger partial charge in [-0.25, -0.2) is 8.42 Å². The molecule has 0 bridgehead atoms. The first kappa shape index (κ1) is 20.6. The van der Waals surface area contributed by atoms with Gasteiger partial charge < -0.3 is 4.90 Å². The van der Waals surface area contributed by atoms with Gasteiger partial charge in [-0.15, -0.1) is 0 Å². The second kappa shape index (κ2) is 9.31. The Bertz CT molecular complexity index is 789. The highest BCUT2D eigenvalue weighted by atomic mass is 32.2. The lowest BCUT2D eigenvalue weighted by atomic mass is 10.0. The smallest absolute Gasteiger partial charge is 0.211 e. The summed E-state index contributed by atoms with van der Waals surface area (Å²) in [6.45, 7) is 3.19. The zero-order valence-corrected chi connectivity index (χ0v) is 17.0. The number of hydrogen-bond donors (Lipinski definition) is 0. The van der Waals surface area contributed by atoms with Gasteiger partial charge in [-0.1, -0.05) is 61.5 Å². The van der Waals surface area contributed by atoms with Crippen LogP contribution in [0.4, 0.5) is 0 Å². The average molecular weight is 375 g/mol. The average Bonchev–Trinajstić information content (AvgIpc) is 2.59. The van der Waals surface area contributed by atoms with Crippen LogP contribution in [0.5, 0.6) is 0 Å². The van der Waals surface area contributed by atoms with Crippen LogP contribution in [0.15, 0.2) is 54.6 Å². The van der Waals surface area contributed by atoms with Gasteiger partial charge in [0, 0.05) is 19.1 Å². The van der Waals surface area contributed by atoms with E-state index in [0.717, 1.165) is 17.5 Å². The van der Waals surface area contributed by atoms with Crippen LogP contribution in [-0.4, -0.2) is 50.6 Å². The van der Waals surface area contributed by atoms with Crippen molar-refractivity contribution < 1.29 is 8.42 Å². The van der Waals surface area contributed by atoms with Crippen LogP contribution in [0.3, 0.4) is 0 Å². The fourth-order valence-corrected chi connectivity index (χ4v) is 4.28. The molecular weight excluding hydrogens is 344 g/mol. The van der Waals surface area contributed by atoms with Gasteiger partial charge in [0.15, 0.2) is 0 Å². The van der Waals surface area contributed by atoms with Crippen LogP contribution in [0.2, 0.25) is 0 Å². The third-order valence-electron chi connectivity index (χ3n) is 4.46. The maximum Gasteiger partial charge on any atom is 0.211 e. The molecule has 0 aromatic heterocycles. The van der Waals surface area contributed by atoms with Gasteiger partial charge in [0.1, 0.15) is 0 Å². The lowest BCUT2D eigenvalue weighted by Crippen LogP contribution is -2.45. The van der Waals surface area contributed by atoms with Crippen LogP contribution < -0.4 is 0 Å². The van der Waals surface area contributed by atoms with E-state index in [0.29, 0.717) is 19.5 Å². The van der Waals surface area contributed by atoms with Crippen molar-refractivity contribution in [2.24, 2.45) is 0 Å². The van der Waals surface area contributed by atoms with E-state index in [2.05, 4.69) is 31.2 Å². The number of rotatable bonds is 9. The van der Waals surface area contributed by atoms with E-state index in [9.17, 15) is 8.42 Å². The van der Waals surface area contributed by atoms with Crippen LogP contribution in [-0.2, 0) is 29.4 Å². The lowest BCUT2D eigenvalue weighted by Gasteiger charge is -2.32. The maximum absolute atomic E-state index is 12.6. The topological polar surface area (TPSA) is 40.6 Å². The van der Waals surface area contributed by atoms with Crippen LogP contribution in [0.25, 0.3) is 0 Å². The van der Waals surface area contributed by atoms with Crippen molar-refractivity contribution in [1.82, 2.24) is 9.21 Å². The largest absolute Gasteiger partial charge is 0.308 e. The predicted octanol–water partition coefficient (Wildman–Crippen LogP) is 3.18. The fraction of sp³-hybridized carbons (Fsp3) is 0.429. The summed E-state index contributed by atoms with van der Waals surface area (Å²) in [6.07, 6.45) is 2.95. The summed E-state index contributed by atoms with van der Waals surface area (Å²) in [7, 11) is 0.624. The Morgan fingerprint density at radius 2 is 1.54 bits per heavy atom. The molecule has 4 nitrogen and oxygen atoms in total. The summed E-state index contributed by atoms with van der Waals surface area (Å²) in [5.74, 6) is 0. The van der Waals surface area contributed by atoms with Gasteiger partial charge in [0.25, 0.3) is 0 Å². The molecule has 0 N–H and O–H groups in total. The van der Waals surface area contributed by atoms with Crippen molar-refractivity contribution >= 4 is 10.0 Å². The summed E-state index contributed by atoms with van der Waals surface area (Å²) >= 11 is 0. The highest BCUT2D eigenvalue weighted by Gasteiger charge is 2.27. The minimum atomic E-state index is -3.34. The Morgan fingerprint density at radius 1 is 0.923 bits per heavy atom. The van der Waals surface area contributed by atoms with Crippen molar-refractivity contribution in [2.45, 2.75) is 32.4 Å². The van der Waals surface area contributed by atoms with Gasteiger partial charge in [-0.3, -0.25) is 0 Å². The van der Waals surface area contributed by atoms with Crippen molar-refractivity contribution in [3.05, 3.63) is 71.3 Å². The highest BCUT2D eigenvalue weighted by molar-refractivity contribution is 7.88. The lowest BCUT2D eigenvalue weighted by molar-refractivity contribution is 0.245. The molecule has 0 fully saturated rings. The molecule has 0 heterocycles. The van der Waals surface area contributed by atoms with Gasteiger partial charge in [-0.2, -0.15) is 4.31 Å². The molecule has 0 saturated carbocycles. The molecule has 0 aliphatic heterocycles. The van der Waals surface area contributed by atoms with Crippen LogP contribution in [0, 0.1) is 0 Å². The van der Waals surface area contributed by atoms with Crippen LogP contribution in [0.1, 0.15) is 23.6 Å². The SMILES string of the molecule is CCc1cccc(CN([C@@H](Cc2ccccc2)CN(C)C)S(C)(=O)=O)c1. The summed E-state index contributed by atoms with van der Waals surface area (Å²) < 4.78 is 26.9. The third-order valence-corrected chi connectivity index (χ3v) is 5.74. The summed E-state index contributed by atoms with van der Waals surface area (Å²) in [5, 5.41) is 0. The van der Waals surface area contributed by atoms with Crippen molar-refractivity contribution in [1.29, 1.82) is 0 Å². The number of likely N-dealkylation sites (N-methyl/N-ethyl adjacent to an activating group) is 1. The molecule has 1 atom stereocenters. The molecule has 0 aliphatic carbocycles. The number of nitrogens with zero attached hydrogens (tertiary/aromatic N) is 2. The number of aryl methyl sites for hydroxylation is 1. The minimum absolute atomic E-state index is 0.118. The zero-order chi connectivity index (χ0) is 19.2. The van der Waals surface area contributed by atoms with Crippen molar-refractivity contribution in [2.75, 3.05) is 26.9 Å². The van der Waals surface area contributed by atoms with E-state index in [1.54, 1.807) is 4.31 Å². The second-order valence-corrected chi connectivity index (χ2v) is 9.02. The normalized spacial score (nSPS) is 13.3. The highest BCUT2D eigenvalue weighted by Crippen LogP contribution is 2.18. The molecule has 0 radical (unpaired) electrons. The fourth-order valence-electron chi connectivity index (χ4n) is 3.21. The summed E-state index contributed by atoms with van der Waals surface area (Å²) in [6, 6.07) is 18.2. The predicted molar refractivity (Wildman–Crippen MR) is 109 cm³/mol. The monoisotopic (exact) mass is 374 g/mol. The maximum atomic E-state index is 12.6. The Kier molecular flexibility index (Phi) is 7.38. The van der Waals surface area contributed by atoms with Crippen molar-refractivity contribution in [3.63, 3.8) is 0 Å². The standard InChI is InChI=1S/C21H30N2O2S/c1-5-18-12-9-13-20(14-18)16-23(26(4,24)25)21(17-22(2)3)15-19-10-7-6-8-11-19/h6-14,21H,5,15-17H2,1-4H3/t21-/m0/s1. The first-order valence-electron chi connectivity index (χ1n) is 9.03. The van der Waals surface area contributed by atoms with E-state index < -0.39 is 10.0 Å². The molecule has 5 heteroatoms. The summed E-state index contributed by atoms with van der Waals surface area (Å²) in [5.41, 5.74) is 3.41. The molecule has 0 amide bonds. The first-order valence-corrected chi connectivity index (χ1v) is 10.9. The number of hydrogen-bond acceptors (Lipinski definition) is 3. The quantitative estimate of drug-likeness (QED) is 0.677. The molecule has 2 rings (SSSR count). The Hall–Kier alpha value is -1.69. The third kappa shape index (κ3) is 6.24. The Labute approximate surface area is 158 Å². The number of sulfonamides is 1. The molecule has 26 heavy (non-hydrogen) atoms.